The van der Waals surface area contributed by atoms with E-state index in [-0.39, 0.29) is 6.29 Å². The topological polar surface area (TPSA) is 27.7 Å². The van der Waals surface area contributed by atoms with Gasteiger partial charge in [-0.2, -0.15) is 0 Å². The molecule has 1 aliphatic heterocycles. The molecule has 0 N–H and O–H groups in total. The highest BCUT2D eigenvalue weighted by molar-refractivity contribution is 9.11. The lowest BCUT2D eigenvalue weighted by atomic mass is 10.3. The average Bonchev–Trinajstić information content (AvgIpc) is 2.29. The smallest absolute Gasteiger partial charge is 0.201 e. The van der Waals surface area contributed by atoms with Gasteiger partial charge in [0, 0.05) is 14.2 Å². The minimum absolute atomic E-state index is 0.311. The van der Waals surface area contributed by atoms with Crippen LogP contribution in [0.5, 0.6) is 0 Å². The predicted octanol–water partition coefficient (Wildman–Crippen LogP) is 1.63. The lowest BCUT2D eigenvalue weighted by Gasteiger charge is -2.23. The number of hydrogen-bond donors (Lipinski definition) is 0. The van der Waals surface area contributed by atoms with Crippen molar-refractivity contribution >= 4 is 15.9 Å². The Morgan fingerprint density at radius 2 is 2.27 bits per heavy atom. The second-order valence-corrected chi connectivity index (χ2v) is 3.24. The molecule has 3 nitrogen and oxygen atoms in total. The lowest BCUT2D eigenvalue weighted by Crippen LogP contribution is -2.30. The first kappa shape index (κ1) is 9.19. The quantitative estimate of drug-likeness (QED) is 0.712. The minimum Gasteiger partial charge on any atom is -0.352 e. The van der Waals surface area contributed by atoms with Gasteiger partial charge in [0.15, 0.2) is 6.29 Å². The van der Waals surface area contributed by atoms with E-state index in [1.165, 1.54) is 0 Å². The molecule has 2 atom stereocenters. The molecule has 0 fully saturated rings. The summed E-state index contributed by atoms with van der Waals surface area (Å²) in [4.78, 5) is 0. The number of ether oxygens (including phenoxy) is 3. The zero-order valence-corrected chi connectivity index (χ0v) is 8.34. The molecular weight excluding hydrogens is 212 g/mol. The first-order valence-corrected chi connectivity index (χ1v) is 4.05. The van der Waals surface area contributed by atoms with Gasteiger partial charge in [-0.25, -0.2) is 0 Å². The number of methoxy groups -OCH3 is 2. The standard InChI is InChI=1S/C7H11BrO3/c1-7(10-3)5(8)4-6(9-2)11-7/h4,6H,1-3H3. The molecule has 1 aliphatic rings. The zero-order valence-electron chi connectivity index (χ0n) is 6.76. The van der Waals surface area contributed by atoms with Gasteiger partial charge < -0.3 is 14.2 Å². The van der Waals surface area contributed by atoms with Gasteiger partial charge in [0.1, 0.15) is 0 Å². The Labute approximate surface area is 74.4 Å². The normalized spacial score (nSPS) is 37.5. The molecular formula is C7H11BrO3. The van der Waals surface area contributed by atoms with Crippen LogP contribution in [-0.4, -0.2) is 26.3 Å². The summed E-state index contributed by atoms with van der Waals surface area (Å²) in [5.74, 6) is -0.680. The maximum absolute atomic E-state index is 5.38. The summed E-state index contributed by atoms with van der Waals surface area (Å²) in [6, 6.07) is 0. The fourth-order valence-electron chi connectivity index (χ4n) is 0.845. The van der Waals surface area contributed by atoms with Crippen LogP contribution < -0.4 is 0 Å². The highest BCUT2D eigenvalue weighted by atomic mass is 79.9. The van der Waals surface area contributed by atoms with Crippen LogP contribution in [0.15, 0.2) is 10.6 Å². The van der Waals surface area contributed by atoms with Crippen LogP contribution in [-0.2, 0) is 14.2 Å². The Balaban J connectivity index is 2.70. The van der Waals surface area contributed by atoms with E-state index in [1.54, 1.807) is 14.2 Å². The van der Waals surface area contributed by atoms with Crippen molar-refractivity contribution in [2.75, 3.05) is 14.2 Å². The molecule has 0 saturated heterocycles. The van der Waals surface area contributed by atoms with E-state index in [9.17, 15) is 0 Å². The molecule has 0 spiro atoms. The molecule has 0 bridgehead atoms. The summed E-state index contributed by atoms with van der Waals surface area (Å²) in [7, 11) is 3.18. The predicted molar refractivity (Wildman–Crippen MR) is 44.3 cm³/mol. The fourth-order valence-corrected chi connectivity index (χ4v) is 1.32. The summed E-state index contributed by atoms with van der Waals surface area (Å²) in [5, 5.41) is 0. The van der Waals surface area contributed by atoms with Crippen LogP contribution in [0, 0.1) is 0 Å². The fraction of sp³-hybridized carbons (Fsp3) is 0.714. The minimum atomic E-state index is -0.680. The summed E-state index contributed by atoms with van der Waals surface area (Å²) in [6.45, 7) is 1.83. The number of halogens is 1. The van der Waals surface area contributed by atoms with Crippen molar-refractivity contribution in [3.63, 3.8) is 0 Å². The first-order chi connectivity index (χ1) is 5.12. The van der Waals surface area contributed by atoms with E-state index in [0.29, 0.717) is 0 Å². The van der Waals surface area contributed by atoms with E-state index in [0.717, 1.165) is 4.48 Å². The molecule has 0 aromatic carbocycles. The van der Waals surface area contributed by atoms with Crippen molar-refractivity contribution in [3.05, 3.63) is 10.6 Å². The molecule has 0 radical (unpaired) electrons. The van der Waals surface area contributed by atoms with Gasteiger partial charge >= 0.3 is 0 Å². The maximum atomic E-state index is 5.38. The molecule has 0 aromatic heterocycles. The van der Waals surface area contributed by atoms with Crippen molar-refractivity contribution < 1.29 is 14.2 Å². The Kier molecular flexibility index (Phi) is 2.70. The molecule has 2 unspecified atom stereocenters. The first-order valence-electron chi connectivity index (χ1n) is 3.26. The van der Waals surface area contributed by atoms with Gasteiger partial charge in [-0.15, -0.1) is 0 Å². The van der Waals surface area contributed by atoms with Crippen molar-refractivity contribution in [2.45, 2.75) is 19.0 Å². The molecule has 0 aromatic rings. The lowest BCUT2D eigenvalue weighted by molar-refractivity contribution is -0.233. The van der Waals surface area contributed by atoms with Gasteiger partial charge in [-0.1, -0.05) is 0 Å². The van der Waals surface area contributed by atoms with Crippen LogP contribution >= 0.6 is 15.9 Å². The van der Waals surface area contributed by atoms with E-state index >= 15 is 0 Å². The largest absolute Gasteiger partial charge is 0.352 e. The summed E-state index contributed by atoms with van der Waals surface area (Å²) < 4.78 is 16.3. The van der Waals surface area contributed by atoms with Crippen molar-refractivity contribution in [2.24, 2.45) is 0 Å². The van der Waals surface area contributed by atoms with E-state index < -0.39 is 5.79 Å². The average molecular weight is 223 g/mol. The molecule has 1 rings (SSSR count). The molecule has 0 saturated carbocycles. The monoisotopic (exact) mass is 222 g/mol. The molecule has 4 heteroatoms. The maximum Gasteiger partial charge on any atom is 0.201 e. The van der Waals surface area contributed by atoms with Gasteiger partial charge in [0.05, 0.1) is 4.48 Å². The Morgan fingerprint density at radius 1 is 1.64 bits per heavy atom. The third-order valence-electron chi connectivity index (χ3n) is 1.68. The van der Waals surface area contributed by atoms with Gasteiger partial charge in [-0.3, -0.25) is 0 Å². The number of rotatable bonds is 2. The summed E-state index contributed by atoms with van der Waals surface area (Å²) >= 11 is 3.33. The Hall–Kier alpha value is 0.1000. The third kappa shape index (κ3) is 1.64. The van der Waals surface area contributed by atoms with E-state index in [2.05, 4.69) is 15.9 Å². The zero-order chi connectivity index (χ0) is 8.48. The van der Waals surface area contributed by atoms with Crippen LogP contribution in [0.25, 0.3) is 0 Å². The van der Waals surface area contributed by atoms with Crippen molar-refractivity contribution in [1.82, 2.24) is 0 Å². The Bertz CT molecular complexity index is 181. The third-order valence-corrected chi connectivity index (χ3v) is 2.66. The number of hydrogen-bond acceptors (Lipinski definition) is 3. The van der Waals surface area contributed by atoms with Crippen LogP contribution in [0.4, 0.5) is 0 Å². The van der Waals surface area contributed by atoms with E-state index in [1.807, 2.05) is 13.0 Å². The summed E-state index contributed by atoms with van der Waals surface area (Å²) in [6.07, 6.45) is 1.51. The molecule has 64 valence electrons. The molecule has 0 aliphatic carbocycles. The van der Waals surface area contributed by atoms with Crippen molar-refractivity contribution in [1.29, 1.82) is 0 Å². The SMILES string of the molecule is COC1C=C(Br)C(C)(OC)O1. The van der Waals surface area contributed by atoms with Crippen LogP contribution in [0.1, 0.15) is 6.92 Å². The van der Waals surface area contributed by atoms with Crippen molar-refractivity contribution in [3.8, 4) is 0 Å². The second-order valence-electron chi connectivity index (χ2n) is 2.39. The molecule has 0 amide bonds. The highest BCUT2D eigenvalue weighted by Crippen LogP contribution is 2.35. The molecule has 1 heterocycles. The van der Waals surface area contributed by atoms with E-state index in [4.69, 9.17) is 14.2 Å². The highest BCUT2D eigenvalue weighted by Gasteiger charge is 2.37. The van der Waals surface area contributed by atoms with Gasteiger partial charge in [0.2, 0.25) is 5.79 Å². The van der Waals surface area contributed by atoms with Crippen LogP contribution in [0.2, 0.25) is 0 Å². The second kappa shape index (κ2) is 3.23. The van der Waals surface area contributed by atoms with Gasteiger partial charge in [-0.05, 0) is 28.9 Å². The summed E-state index contributed by atoms with van der Waals surface area (Å²) in [5.41, 5.74) is 0. The van der Waals surface area contributed by atoms with Gasteiger partial charge in [0.25, 0.3) is 0 Å². The molecule has 11 heavy (non-hydrogen) atoms. The van der Waals surface area contributed by atoms with Crippen LogP contribution in [0.3, 0.4) is 0 Å². The Morgan fingerprint density at radius 3 is 2.55 bits per heavy atom.